The van der Waals surface area contributed by atoms with E-state index >= 15 is 0 Å². The smallest absolute Gasteiger partial charge is 0.407 e. The van der Waals surface area contributed by atoms with Gasteiger partial charge >= 0.3 is 6.09 Å². The molecule has 4 rings (SSSR count). The number of methoxy groups -OCH3 is 1. The number of hydrogen-bond donors (Lipinski definition) is 1. The van der Waals surface area contributed by atoms with Crippen molar-refractivity contribution in [3.8, 4) is 17.4 Å². The van der Waals surface area contributed by atoms with Crippen LogP contribution in [0.25, 0.3) is 0 Å². The van der Waals surface area contributed by atoms with Crippen LogP contribution < -0.4 is 19.5 Å². The van der Waals surface area contributed by atoms with Gasteiger partial charge in [-0.3, -0.25) is 9.78 Å². The van der Waals surface area contributed by atoms with Crippen LogP contribution in [0.3, 0.4) is 0 Å². The average Bonchev–Trinajstić information content (AvgIpc) is 3.08. The zero-order valence-corrected chi connectivity index (χ0v) is 28.2. The summed E-state index contributed by atoms with van der Waals surface area (Å²) >= 11 is 0. The SMILES string of the molecule is COc1ccc(C(=O)N2CCc3ccc(OCc4ccc(OCCOCCOCCOCCNC(=O)OC(C)(C)C)cn4)cc3C2)cn1. The maximum Gasteiger partial charge on any atom is 0.407 e. The second-order valence-electron chi connectivity index (χ2n) is 11.9. The molecule has 0 atom stereocenters. The molecule has 2 aromatic heterocycles. The van der Waals surface area contributed by atoms with Gasteiger partial charge in [-0.05, 0) is 68.7 Å². The standard InChI is InChI=1S/C35H46N4O9/c1-35(2,3)48-34(41)36-12-14-43-15-16-44-17-18-45-19-20-46-31-9-7-29(37-23-31)25-47-30-8-5-26-11-13-39(24-28(26)21-30)33(40)27-6-10-32(42-4)38-22-27/h5-10,21-23H,11-20,24-25H2,1-4H3,(H,36,41). The minimum Gasteiger partial charge on any atom is -0.490 e. The number of aromatic nitrogens is 2. The lowest BCUT2D eigenvalue weighted by molar-refractivity contribution is 0.00902. The highest BCUT2D eigenvalue weighted by atomic mass is 16.6. The van der Waals surface area contributed by atoms with E-state index in [1.54, 1.807) is 31.6 Å². The molecule has 0 spiro atoms. The van der Waals surface area contributed by atoms with E-state index in [-0.39, 0.29) is 5.91 Å². The Morgan fingerprint density at radius 1 is 0.812 bits per heavy atom. The summed E-state index contributed by atoms with van der Waals surface area (Å²) in [5, 5.41) is 2.63. The minimum absolute atomic E-state index is 0.0595. The third-order valence-corrected chi connectivity index (χ3v) is 7.01. The Balaban J connectivity index is 1.05. The molecule has 260 valence electrons. The van der Waals surface area contributed by atoms with Crippen LogP contribution in [-0.2, 0) is 38.5 Å². The minimum atomic E-state index is -0.522. The van der Waals surface area contributed by atoms with Crippen LogP contribution in [0.2, 0.25) is 0 Å². The molecule has 0 bridgehead atoms. The Morgan fingerprint density at radius 2 is 1.54 bits per heavy atom. The summed E-state index contributed by atoms with van der Waals surface area (Å²) < 4.78 is 38.4. The number of amides is 2. The molecule has 0 aliphatic carbocycles. The lowest BCUT2D eigenvalue weighted by atomic mass is 9.99. The Kier molecular flexibility index (Phi) is 14.2. The summed E-state index contributed by atoms with van der Waals surface area (Å²) in [5.74, 6) is 1.78. The van der Waals surface area contributed by atoms with Gasteiger partial charge in [0, 0.05) is 31.9 Å². The number of fused-ring (bicyclic) bond motifs is 1. The maximum atomic E-state index is 13.0. The summed E-state index contributed by atoms with van der Waals surface area (Å²) in [6.45, 7) is 10.2. The molecule has 1 aliphatic rings. The van der Waals surface area contributed by atoms with Crippen molar-refractivity contribution in [3.63, 3.8) is 0 Å². The monoisotopic (exact) mass is 666 g/mol. The molecule has 0 fully saturated rings. The van der Waals surface area contributed by atoms with Gasteiger partial charge in [-0.15, -0.1) is 0 Å². The number of carbonyl (C=O) groups is 2. The first kappa shape index (κ1) is 36.4. The predicted octanol–water partition coefficient (Wildman–Crippen LogP) is 4.22. The Hall–Kier alpha value is -4.46. The number of ether oxygens (including phenoxy) is 7. The molecule has 0 unspecified atom stereocenters. The third kappa shape index (κ3) is 12.6. The van der Waals surface area contributed by atoms with Crippen molar-refractivity contribution in [1.82, 2.24) is 20.2 Å². The van der Waals surface area contributed by atoms with E-state index in [1.807, 2.05) is 49.9 Å². The van der Waals surface area contributed by atoms with Crippen LogP contribution in [0.5, 0.6) is 17.4 Å². The molecular weight excluding hydrogens is 620 g/mol. The van der Waals surface area contributed by atoms with E-state index in [2.05, 4.69) is 21.4 Å². The summed E-state index contributed by atoms with van der Waals surface area (Å²) in [6.07, 6.45) is 3.53. The number of rotatable bonds is 18. The van der Waals surface area contributed by atoms with Crippen molar-refractivity contribution in [2.45, 2.75) is 45.9 Å². The number of nitrogens with one attached hydrogen (secondary N) is 1. The molecule has 13 nitrogen and oxygen atoms in total. The van der Waals surface area contributed by atoms with Crippen molar-refractivity contribution >= 4 is 12.0 Å². The largest absolute Gasteiger partial charge is 0.490 e. The number of alkyl carbamates (subject to hydrolysis) is 1. The van der Waals surface area contributed by atoms with E-state index in [1.165, 1.54) is 5.56 Å². The molecule has 1 aromatic carbocycles. The van der Waals surface area contributed by atoms with Gasteiger partial charge in [0.15, 0.2) is 0 Å². The van der Waals surface area contributed by atoms with Gasteiger partial charge in [0.25, 0.3) is 5.91 Å². The molecule has 0 saturated heterocycles. The first-order chi connectivity index (χ1) is 23.2. The number of benzene rings is 1. The van der Waals surface area contributed by atoms with E-state index in [0.29, 0.717) is 89.7 Å². The fraction of sp³-hybridized carbons (Fsp3) is 0.486. The number of hydrogen-bond acceptors (Lipinski definition) is 11. The predicted molar refractivity (Wildman–Crippen MR) is 176 cm³/mol. The maximum absolute atomic E-state index is 13.0. The van der Waals surface area contributed by atoms with Gasteiger partial charge < -0.3 is 43.4 Å². The molecule has 48 heavy (non-hydrogen) atoms. The van der Waals surface area contributed by atoms with Crippen molar-refractivity contribution in [2.75, 3.05) is 66.4 Å². The second kappa shape index (κ2) is 18.8. The molecule has 0 radical (unpaired) electrons. The highest BCUT2D eigenvalue weighted by Gasteiger charge is 2.23. The van der Waals surface area contributed by atoms with E-state index in [0.717, 1.165) is 23.4 Å². The molecule has 3 heterocycles. The van der Waals surface area contributed by atoms with Crippen molar-refractivity contribution < 1.29 is 42.7 Å². The van der Waals surface area contributed by atoms with Crippen LogP contribution in [0, 0.1) is 0 Å². The van der Waals surface area contributed by atoms with Crippen molar-refractivity contribution in [2.24, 2.45) is 0 Å². The molecule has 1 N–H and O–H groups in total. The normalized spacial score (nSPS) is 12.6. The fourth-order valence-electron chi connectivity index (χ4n) is 4.65. The molecular formula is C35H46N4O9. The molecule has 13 heteroatoms. The topological polar surface area (TPSA) is 140 Å². The van der Waals surface area contributed by atoms with Crippen molar-refractivity contribution in [1.29, 1.82) is 0 Å². The van der Waals surface area contributed by atoms with Gasteiger partial charge in [0.1, 0.15) is 30.3 Å². The summed E-state index contributed by atoms with van der Waals surface area (Å²) in [6, 6.07) is 13.1. The molecule has 0 saturated carbocycles. The first-order valence-electron chi connectivity index (χ1n) is 16.0. The fourth-order valence-corrected chi connectivity index (χ4v) is 4.65. The molecule has 1 aliphatic heterocycles. The second-order valence-corrected chi connectivity index (χ2v) is 11.9. The van der Waals surface area contributed by atoms with Crippen LogP contribution in [-0.4, -0.2) is 98.9 Å². The van der Waals surface area contributed by atoms with Gasteiger partial charge in [-0.25, -0.2) is 9.78 Å². The Bertz CT molecular complexity index is 1430. The molecule has 3 aromatic rings. The van der Waals surface area contributed by atoms with Gasteiger partial charge in [0.2, 0.25) is 5.88 Å². The first-order valence-corrected chi connectivity index (χ1v) is 16.0. The lowest BCUT2D eigenvalue weighted by Crippen LogP contribution is -2.36. The number of pyridine rings is 2. The Morgan fingerprint density at radius 3 is 2.21 bits per heavy atom. The van der Waals surface area contributed by atoms with Gasteiger partial charge in [-0.2, -0.15) is 0 Å². The summed E-state index contributed by atoms with van der Waals surface area (Å²) in [5.41, 5.74) is 3.05. The van der Waals surface area contributed by atoms with E-state index < -0.39 is 11.7 Å². The van der Waals surface area contributed by atoms with Crippen LogP contribution in [0.1, 0.15) is 48.0 Å². The quantitative estimate of drug-likeness (QED) is 0.195. The van der Waals surface area contributed by atoms with E-state index in [4.69, 9.17) is 33.2 Å². The lowest BCUT2D eigenvalue weighted by Gasteiger charge is -2.29. The number of carbonyl (C=O) groups excluding carboxylic acids is 2. The average molecular weight is 667 g/mol. The highest BCUT2D eigenvalue weighted by molar-refractivity contribution is 5.94. The summed E-state index contributed by atoms with van der Waals surface area (Å²) in [4.78, 5) is 35.0. The Labute approximate surface area is 281 Å². The highest BCUT2D eigenvalue weighted by Crippen LogP contribution is 2.26. The third-order valence-electron chi connectivity index (χ3n) is 7.01. The number of nitrogens with zero attached hydrogens (tertiary/aromatic N) is 3. The molecule has 2 amide bonds. The van der Waals surface area contributed by atoms with Crippen molar-refractivity contribution in [3.05, 3.63) is 77.2 Å². The zero-order chi connectivity index (χ0) is 34.2. The van der Waals surface area contributed by atoms with Crippen LogP contribution in [0.15, 0.2) is 54.9 Å². The zero-order valence-electron chi connectivity index (χ0n) is 28.2. The van der Waals surface area contributed by atoms with Crippen LogP contribution >= 0.6 is 0 Å². The van der Waals surface area contributed by atoms with E-state index in [9.17, 15) is 9.59 Å². The summed E-state index contributed by atoms with van der Waals surface area (Å²) in [7, 11) is 1.55. The van der Waals surface area contributed by atoms with Gasteiger partial charge in [-0.1, -0.05) is 6.07 Å². The van der Waals surface area contributed by atoms with Gasteiger partial charge in [0.05, 0.1) is 64.2 Å². The van der Waals surface area contributed by atoms with Crippen LogP contribution in [0.4, 0.5) is 4.79 Å².